The predicted octanol–water partition coefficient (Wildman–Crippen LogP) is 4.53. The molecule has 2 aliphatic rings. The third-order valence-electron chi connectivity index (χ3n) is 7.34. The van der Waals surface area contributed by atoms with E-state index in [2.05, 4.69) is 22.5 Å². The van der Waals surface area contributed by atoms with Gasteiger partial charge in [-0.15, -0.1) is 11.3 Å². The van der Waals surface area contributed by atoms with Crippen molar-refractivity contribution < 1.29 is 9.90 Å². The molecule has 0 unspecified atom stereocenters. The number of nitrogens with zero attached hydrogens (tertiary/aromatic N) is 6. The molecule has 6 rings (SSSR count). The summed E-state index contributed by atoms with van der Waals surface area (Å²) in [5.74, 6) is 0.679. The first-order valence-electron chi connectivity index (χ1n) is 12.0. The van der Waals surface area contributed by atoms with Crippen LogP contribution in [0, 0.1) is 23.7 Å². The predicted molar refractivity (Wildman–Crippen MR) is 143 cm³/mol. The SMILES string of the molecule is C=CC(=O)N1CC2(CCN(c3nc4cc(-c5scnc5C)cnc4c(-c4cccc(O)c4)c3C#N)C2)C1. The molecule has 1 spiro atoms. The maximum atomic E-state index is 12.0. The van der Waals surface area contributed by atoms with Gasteiger partial charge in [0.25, 0.3) is 0 Å². The van der Waals surface area contributed by atoms with E-state index < -0.39 is 0 Å². The lowest BCUT2D eigenvalue weighted by molar-refractivity contribution is -0.136. The van der Waals surface area contributed by atoms with Crippen LogP contribution in [0.3, 0.4) is 0 Å². The standard InChI is InChI=1S/C28H24N6O2S/c1-3-23(36)34-14-28(15-34)7-8-33(13-28)27-21(11-29)24(18-5-4-6-20(35)9-18)25-22(32-27)10-19(12-30-25)26-17(2)31-16-37-26/h3-6,9-10,12,16,35H,1,7-8,13-15H2,2H3. The van der Waals surface area contributed by atoms with Gasteiger partial charge in [-0.25, -0.2) is 9.97 Å². The molecule has 1 aromatic carbocycles. The summed E-state index contributed by atoms with van der Waals surface area (Å²) in [5.41, 5.74) is 6.74. The maximum Gasteiger partial charge on any atom is 0.245 e. The average Bonchev–Trinajstić information content (AvgIpc) is 3.52. The monoisotopic (exact) mass is 508 g/mol. The number of rotatable bonds is 4. The summed E-state index contributed by atoms with van der Waals surface area (Å²) in [6.07, 6.45) is 4.07. The Kier molecular flexibility index (Phi) is 5.42. The Balaban J connectivity index is 1.49. The molecule has 4 aromatic rings. The molecule has 1 amide bonds. The van der Waals surface area contributed by atoms with E-state index in [1.54, 1.807) is 40.6 Å². The third-order valence-corrected chi connectivity index (χ3v) is 8.31. The molecule has 2 fully saturated rings. The average molecular weight is 509 g/mol. The normalized spacial score (nSPS) is 16.1. The van der Waals surface area contributed by atoms with E-state index >= 15 is 0 Å². The van der Waals surface area contributed by atoms with Crippen molar-refractivity contribution in [3.63, 3.8) is 0 Å². The van der Waals surface area contributed by atoms with Crippen LogP contribution in [0.1, 0.15) is 17.7 Å². The first kappa shape index (κ1) is 23.1. The fourth-order valence-corrected chi connectivity index (χ4v) is 6.32. The van der Waals surface area contributed by atoms with Crippen molar-refractivity contribution in [3.8, 4) is 33.4 Å². The fraction of sp³-hybridized carbons (Fsp3) is 0.250. The molecular weight excluding hydrogens is 484 g/mol. The number of carbonyl (C=O) groups is 1. The lowest BCUT2D eigenvalue weighted by Crippen LogP contribution is -2.59. The van der Waals surface area contributed by atoms with Gasteiger partial charge in [0.2, 0.25) is 5.91 Å². The van der Waals surface area contributed by atoms with Crippen molar-refractivity contribution in [2.75, 3.05) is 31.1 Å². The van der Waals surface area contributed by atoms with Gasteiger partial charge in [0.15, 0.2) is 0 Å². The van der Waals surface area contributed by atoms with E-state index in [0.29, 0.717) is 53.2 Å². The maximum absolute atomic E-state index is 12.0. The van der Waals surface area contributed by atoms with Crippen LogP contribution in [0.25, 0.3) is 32.6 Å². The summed E-state index contributed by atoms with van der Waals surface area (Å²) in [7, 11) is 0. The minimum atomic E-state index is -0.0474. The van der Waals surface area contributed by atoms with Gasteiger partial charge < -0.3 is 14.9 Å². The highest BCUT2D eigenvalue weighted by molar-refractivity contribution is 7.13. The number of anilines is 1. The molecular formula is C28H24N6O2S. The number of hydrogen-bond acceptors (Lipinski definition) is 8. The zero-order valence-electron chi connectivity index (χ0n) is 20.3. The number of aryl methyl sites for hydroxylation is 1. The summed E-state index contributed by atoms with van der Waals surface area (Å²) < 4.78 is 0. The molecule has 184 valence electrons. The molecule has 0 radical (unpaired) electrons. The van der Waals surface area contributed by atoms with Crippen LogP contribution in [0.15, 0.2) is 54.7 Å². The van der Waals surface area contributed by atoms with Crippen LogP contribution < -0.4 is 4.90 Å². The van der Waals surface area contributed by atoms with Gasteiger partial charge in [-0.1, -0.05) is 18.7 Å². The number of aromatic nitrogens is 3. The Bertz CT molecular complexity index is 1610. The minimum Gasteiger partial charge on any atom is -0.508 e. The molecule has 9 heteroatoms. The summed E-state index contributed by atoms with van der Waals surface area (Å²) in [5, 5.41) is 20.6. The second kappa shape index (κ2) is 8.68. The molecule has 8 nitrogen and oxygen atoms in total. The molecule has 37 heavy (non-hydrogen) atoms. The van der Waals surface area contributed by atoms with Crippen molar-refractivity contribution in [1.82, 2.24) is 19.9 Å². The van der Waals surface area contributed by atoms with Gasteiger partial charge in [-0.05, 0) is 43.2 Å². The minimum absolute atomic E-state index is 0.00689. The number of benzene rings is 1. The topological polar surface area (TPSA) is 106 Å². The van der Waals surface area contributed by atoms with Crippen molar-refractivity contribution in [1.29, 1.82) is 5.26 Å². The Hall–Kier alpha value is -4.29. The van der Waals surface area contributed by atoms with Gasteiger partial charge in [0.1, 0.15) is 23.2 Å². The Labute approximate surface area is 218 Å². The number of thiazole rings is 1. The fourth-order valence-electron chi connectivity index (χ4n) is 5.53. The number of fused-ring (bicyclic) bond motifs is 1. The van der Waals surface area contributed by atoms with E-state index in [0.717, 1.165) is 29.1 Å². The van der Waals surface area contributed by atoms with Crippen LogP contribution in [0.2, 0.25) is 0 Å². The Morgan fingerprint density at radius 2 is 2.08 bits per heavy atom. The molecule has 0 aliphatic carbocycles. The van der Waals surface area contributed by atoms with E-state index in [-0.39, 0.29) is 17.1 Å². The second-order valence-corrected chi connectivity index (χ2v) is 10.6. The first-order valence-corrected chi connectivity index (χ1v) is 12.9. The van der Waals surface area contributed by atoms with Gasteiger partial charge in [-0.2, -0.15) is 5.26 Å². The zero-order valence-corrected chi connectivity index (χ0v) is 21.1. The van der Waals surface area contributed by atoms with Gasteiger partial charge in [0, 0.05) is 48.9 Å². The summed E-state index contributed by atoms with van der Waals surface area (Å²) in [4.78, 5) is 31.2. The molecule has 2 aliphatic heterocycles. The Morgan fingerprint density at radius 1 is 1.24 bits per heavy atom. The number of phenols is 1. The van der Waals surface area contributed by atoms with Crippen molar-refractivity contribution in [2.24, 2.45) is 5.41 Å². The van der Waals surface area contributed by atoms with E-state index in [1.807, 2.05) is 24.6 Å². The van der Waals surface area contributed by atoms with E-state index in [1.165, 1.54) is 6.08 Å². The number of likely N-dealkylation sites (tertiary alicyclic amines) is 1. The number of pyridine rings is 2. The number of nitriles is 1. The third kappa shape index (κ3) is 3.81. The Morgan fingerprint density at radius 3 is 2.78 bits per heavy atom. The summed E-state index contributed by atoms with van der Waals surface area (Å²) >= 11 is 1.55. The highest BCUT2D eigenvalue weighted by Crippen LogP contribution is 2.44. The zero-order chi connectivity index (χ0) is 25.7. The smallest absolute Gasteiger partial charge is 0.245 e. The molecule has 0 saturated carbocycles. The number of carbonyl (C=O) groups excluding carboxylic acids is 1. The van der Waals surface area contributed by atoms with Gasteiger partial charge in [-0.3, -0.25) is 9.78 Å². The molecule has 3 aromatic heterocycles. The van der Waals surface area contributed by atoms with Crippen LogP contribution in [0.4, 0.5) is 5.82 Å². The van der Waals surface area contributed by atoms with Gasteiger partial charge in [0.05, 0.1) is 27.1 Å². The second-order valence-electron chi connectivity index (χ2n) is 9.78. The molecule has 0 atom stereocenters. The van der Waals surface area contributed by atoms with Crippen molar-refractivity contribution in [3.05, 3.63) is 66.0 Å². The van der Waals surface area contributed by atoms with Gasteiger partial charge >= 0.3 is 0 Å². The van der Waals surface area contributed by atoms with Crippen molar-refractivity contribution >= 4 is 34.1 Å². The first-order chi connectivity index (χ1) is 17.9. The number of amides is 1. The lowest BCUT2D eigenvalue weighted by atomic mass is 9.79. The van der Waals surface area contributed by atoms with Crippen molar-refractivity contribution in [2.45, 2.75) is 13.3 Å². The number of hydrogen-bond donors (Lipinski definition) is 1. The highest BCUT2D eigenvalue weighted by Gasteiger charge is 2.49. The van der Waals surface area contributed by atoms with E-state index in [9.17, 15) is 15.2 Å². The number of phenolic OH excluding ortho intramolecular Hbond substituents is 1. The molecule has 2 saturated heterocycles. The van der Waals surface area contributed by atoms with Crippen LogP contribution in [-0.4, -0.2) is 57.0 Å². The molecule has 0 bridgehead atoms. The number of aromatic hydroxyl groups is 1. The van der Waals surface area contributed by atoms with Crippen LogP contribution in [0.5, 0.6) is 5.75 Å². The molecule has 1 N–H and O–H groups in total. The quantitative estimate of drug-likeness (QED) is 0.404. The van der Waals surface area contributed by atoms with Crippen LogP contribution >= 0.6 is 11.3 Å². The van der Waals surface area contributed by atoms with Crippen LogP contribution in [-0.2, 0) is 4.79 Å². The summed E-state index contributed by atoms with van der Waals surface area (Å²) in [6, 6.07) is 11.3. The summed E-state index contributed by atoms with van der Waals surface area (Å²) in [6.45, 7) is 8.37. The molecule has 5 heterocycles. The lowest BCUT2D eigenvalue weighted by Gasteiger charge is -2.47. The largest absolute Gasteiger partial charge is 0.508 e. The highest BCUT2D eigenvalue weighted by atomic mass is 32.1. The van der Waals surface area contributed by atoms with E-state index in [4.69, 9.17) is 9.97 Å².